The lowest BCUT2D eigenvalue weighted by Crippen LogP contribution is -2.62. The molecule has 1 fully saturated rings. The highest BCUT2D eigenvalue weighted by molar-refractivity contribution is 6.06. The Morgan fingerprint density at radius 3 is 2.83 bits per heavy atom. The molecule has 0 bridgehead atoms. The van der Waals surface area contributed by atoms with Gasteiger partial charge in [0.25, 0.3) is 0 Å². The van der Waals surface area contributed by atoms with Gasteiger partial charge in [0.05, 0.1) is 6.10 Å². The number of nitrogens with two attached hydrogens (primary N) is 1. The fraction of sp³-hybridized carbons (Fsp3) is 0.714. The van der Waals surface area contributed by atoms with Crippen molar-refractivity contribution in [1.29, 1.82) is 0 Å². The van der Waals surface area contributed by atoms with Crippen molar-refractivity contribution in [2.75, 3.05) is 7.11 Å². The number of urea groups is 1. The molecule has 0 aromatic rings. The number of amides is 2. The molecular weight excluding hydrogens is 158 g/mol. The molecule has 1 aliphatic carbocycles. The number of hydrogen-bond acceptors (Lipinski definition) is 3. The zero-order valence-electron chi connectivity index (χ0n) is 6.83. The second-order valence-corrected chi connectivity index (χ2v) is 3.28. The molecule has 0 radical (unpaired) electrons. The zero-order chi connectivity index (χ0) is 8.77. The lowest BCUT2D eigenvalue weighted by molar-refractivity contribution is 0.00312. The van der Waals surface area contributed by atoms with E-state index < -0.39 is 0 Å². The number of ether oxygens (including phenoxy) is 1. The summed E-state index contributed by atoms with van der Waals surface area (Å²) in [7, 11) is 1.65. The second-order valence-electron chi connectivity index (χ2n) is 3.28. The van der Waals surface area contributed by atoms with Gasteiger partial charge >= 0.3 is 6.03 Å². The molecular formula is C7H11N3O2. The zero-order valence-corrected chi connectivity index (χ0v) is 6.83. The average molecular weight is 169 g/mol. The van der Waals surface area contributed by atoms with E-state index in [1.807, 2.05) is 0 Å². The van der Waals surface area contributed by atoms with Crippen LogP contribution in [0.1, 0.15) is 12.8 Å². The molecule has 0 aromatic carbocycles. The number of hydrogen-bond donors (Lipinski definition) is 2. The van der Waals surface area contributed by atoms with E-state index in [1.54, 1.807) is 7.11 Å². The summed E-state index contributed by atoms with van der Waals surface area (Å²) in [4.78, 5) is 14.5. The highest BCUT2D eigenvalue weighted by Gasteiger charge is 2.51. The van der Waals surface area contributed by atoms with Gasteiger partial charge in [-0.3, -0.25) is 0 Å². The van der Waals surface area contributed by atoms with Gasteiger partial charge in [0.1, 0.15) is 11.4 Å². The summed E-state index contributed by atoms with van der Waals surface area (Å²) in [6, 6.07) is -0.331. The van der Waals surface area contributed by atoms with Gasteiger partial charge < -0.3 is 15.8 Å². The number of nitrogens with zero attached hydrogens (tertiary/aromatic N) is 1. The number of methoxy groups -OCH3 is 1. The number of nitrogens with one attached hydrogen (secondary N) is 1. The van der Waals surface area contributed by atoms with Crippen molar-refractivity contribution >= 4 is 11.9 Å². The van der Waals surface area contributed by atoms with Crippen molar-refractivity contribution in [1.82, 2.24) is 5.32 Å². The predicted molar refractivity (Wildman–Crippen MR) is 42.9 cm³/mol. The summed E-state index contributed by atoms with van der Waals surface area (Å²) >= 11 is 0. The first-order chi connectivity index (χ1) is 5.66. The minimum atomic E-state index is -0.377. The highest BCUT2D eigenvalue weighted by atomic mass is 16.5. The Hall–Kier alpha value is -1.10. The second kappa shape index (κ2) is 2.20. The van der Waals surface area contributed by atoms with E-state index >= 15 is 0 Å². The molecule has 1 saturated carbocycles. The van der Waals surface area contributed by atoms with Crippen molar-refractivity contribution in [2.24, 2.45) is 10.7 Å². The molecule has 5 nitrogen and oxygen atoms in total. The molecule has 2 aliphatic rings. The van der Waals surface area contributed by atoms with E-state index in [0.29, 0.717) is 5.84 Å². The maximum Gasteiger partial charge on any atom is 0.343 e. The van der Waals surface area contributed by atoms with Crippen LogP contribution in [0.3, 0.4) is 0 Å². The van der Waals surface area contributed by atoms with Crippen LogP contribution in [0, 0.1) is 0 Å². The van der Waals surface area contributed by atoms with E-state index in [0.717, 1.165) is 12.8 Å². The fourth-order valence-corrected chi connectivity index (χ4v) is 1.71. The molecule has 3 N–H and O–H groups in total. The van der Waals surface area contributed by atoms with Gasteiger partial charge in [-0.25, -0.2) is 4.79 Å². The Bertz CT molecular complexity index is 255. The van der Waals surface area contributed by atoms with Crippen LogP contribution >= 0.6 is 0 Å². The topological polar surface area (TPSA) is 76.7 Å². The summed E-state index contributed by atoms with van der Waals surface area (Å²) in [5, 5.41) is 2.73. The van der Waals surface area contributed by atoms with E-state index in [-0.39, 0.29) is 17.7 Å². The number of carbonyl (C=O) groups is 1. The lowest BCUT2D eigenvalue weighted by Gasteiger charge is -2.43. The number of aliphatic imine (C=N–C) groups is 1. The Labute approximate surface area is 70.0 Å². The average Bonchev–Trinajstić information content (AvgIpc) is 2.22. The molecule has 5 heteroatoms. The molecule has 1 spiro atoms. The van der Waals surface area contributed by atoms with E-state index in [9.17, 15) is 4.79 Å². The minimum Gasteiger partial charge on any atom is -0.385 e. The third-order valence-corrected chi connectivity index (χ3v) is 2.54. The molecule has 66 valence electrons. The largest absolute Gasteiger partial charge is 0.385 e. The predicted octanol–water partition coefficient (Wildman–Crippen LogP) is -0.386. The Kier molecular flexibility index (Phi) is 1.38. The molecule has 0 unspecified atom stereocenters. The molecule has 1 heterocycles. The molecule has 0 saturated heterocycles. The summed E-state index contributed by atoms with van der Waals surface area (Å²) in [6.07, 6.45) is 1.69. The summed E-state index contributed by atoms with van der Waals surface area (Å²) in [5.41, 5.74) is 5.22. The number of carbonyl (C=O) groups excluding carboxylic acids is 1. The molecule has 0 aromatic heterocycles. The maximum atomic E-state index is 10.8. The first-order valence-corrected chi connectivity index (χ1v) is 3.86. The Morgan fingerprint density at radius 2 is 2.42 bits per heavy atom. The van der Waals surface area contributed by atoms with Crippen molar-refractivity contribution in [3.63, 3.8) is 0 Å². The van der Waals surface area contributed by atoms with Crippen molar-refractivity contribution < 1.29 is 9.53 Å². The standard InChI is InChI=1S/C7H11N3O2/c1-12-4-2-7(3-4)5(8)9-6(11)10-7/h4H,2-3H2,1H3,(H3,8,9,10,11). The van der Waals surface area contributed by atoms with E-state index in [4.69, 9.17) is 10.5 Å². The van der Waals surface area contributed by atoms with Gasteiger partial charge in [0, 0.05) is 20.0 Å². The summed E-state index contributed by atoms with van der Waals surface area (Å²) < 4.78 is 5.09. The molecule has 12 heavy (non-hydrogen) atoms. The van der Waals surface area contributed by atoms with Crippen LogP contribution in [0.4, 0.5) is 4.79 Å². The summed E-state index contributed by atoms with van der Waals surface area (Å²) in [6.45, 7) is 0. The van der Waals surface area contributed by atoms with Crippen LogP contribution in [-0.4, -0.2) is 30.6 Å². The van der Waals surface area contributed by atoms with Gasteiger partial charge in [-0.2, -0.15) is 4.99 Å². The van der Waals surface area contributed by atoms with Gasteiger partial charge in [0.15, 0.2) is 0 Å². The maximum absolute atomic E-state index is 10.8. The van der Waals surface area contributed by atoms with Gasteiger partial charge in [0.2, 0.25) is 0 Å². The minimum absolute atomic E-state index is 0.206. The van der Waals surface area contributed by atoms with E-state index in [1.165, 1.54) is 0 Å². The van der Waals surface area contributed by atoms with Crippen LogP contribution in [0.5, 0.6) is 0 Å². The summed E-state index contributed by atoms with van der Waals surface area (Å²) in [5.74, 6) is 0.404. The normalized spacial score (nSPS) is 39.2. The third-order valence-electron chi connectivity index (χ3n) is 2.54. The van der Waals surface area contributed by atoms with Crippen LogP contribution in [0.15, 0.2) is 4.99 Å². The molecule has 2 amide bonds. The van der Waals surface area contributed by atoms with Crippen molar-refractivity contribution in [3.05, 3.63) is 0 Å². The van der Waals surface area contributed by atoms with Gasteiger partial charge in [-0.15, -0.1) is 0 Å². The highest BCUT2D eigenvalue weighted by Crippen LogP contribution is 2.36. The van der Waals surface area contributed by atoms with Crippen molar-refractivity contribution in [2.45, 2.75) is 24.5 Å². The lowest BCUT2D eigenvalue weighted by atomic mass is 9.74. The van der Waals surface area contributed by atoms with Gasteiger partial charge in [-0.05, 0) is 0 Å². The number of amidine groups is 1. The fourth-order valence-electron chi connectivity index (χ4n) is 1.71. The molecule has 0 atom stereocenters. The third kappa shape index (κ3) is 0.828. The van der Waals surface area contributed by atoms with Crippen LogP contribution in [0.2, 0.25) is 0 Å². The molecule has 2 rings (SSSR count). The van der Waals surface area contributed by atoms with E-state index in [2.05, 4.69) is 10.3 Å². The van der Waals surface area contributed by atoms with Crippen LogP contribution < -0.4 is 11.1 Å². The first kappa shape index (κ1) is 7.54. The molecule has 1 aliphatic heterocycles. The SMILES string of the molecule is COC1CC2(C1)NC(=O)N=C2N. The number of rotatable bonds is 1. The monoisotopic (exact) mass is 169 g/mol. The van der Waals surface area contributed by atoms with Crippen LogP contribution in [-0.2, 0) is 4.74 Å². The van der Waals surface area contributed by atoms with Gasteiger partial charge in [-0.1, -0.05) is 0 Å². The Balaban J connectivity index is 2.08. The quantitative estimate of drug-likeness (QED) is 0.561. The van der Waals surface area contributed by atoms with Crippen LogP contribution in [0.25, 0.3) is 0 Å². The first-order valence-electron chi connectivity index (χ1n) is 3.86. The smallest absolute Gasteiger partial charge is 0.343 e. The Morgan fingerprint density at radius 1 is 1.75 bits per heavy atom. The van der Waals surface area contributed by atoms with Crippen molar-refractivity contribution in [3.8, 4) is 0 Å².